The molecule has 3 aromatic carbocycles. The van der Waals surface area contributed by atoms with Crippen molar-refractivity contribution in [3.05, 3.63) is 80.9 Å². The molecule has 3 rings (SSSR count). The Morgan fingerprint density at radius 1 is 0.783 bits per heavy atom. The van der Waals surface area contributed by atoms with Gasteiger partial charge in [-0.1, -0.05) is 36.4 Å². The van der Waals surface area contributed by atoms with Crippen LogP contribution in [0.4, 0.5) is 22.7 Å². The highest BCUT2D eigenvalue weighted by Crippen LogP contribution is 2.33. The summed E-state index contributed by atoms with van der Waals surface area (Å²) < 4.78 is 0. The third-order valence-electron chi connectivity index (χ3n) is 3.45. The Kier molecular flexibility index (Phi) is 3.60. The number of non-ortho nitro benzene ring substituents is 1. The van der Waals surface area contributed by atoms with Crippen molar-refractivity contribution in [2.75, 3.05) is 5.32 Å². The quantitative estimate of drug-likeness (QED) is 0.569. The molecule has 0 amide bonds. The van der Waals surface area contributed by atoms with E-state index in [4.69, 9.17) is 0 Å². The third-order valence-corrected chi connectivity index (χ3v) is 3.45. The number of nitro groups is 2. The van der Waals surface area contributed by atoms with Crippen LogP contribution in [-0.4, -0.2) is 9.85 Å². The monoisotopic (exact) mass is 309 g/mol. The standard InChI is InChI=1S/C16H11N3O4/c20-18(21)12-8-9-15(16(10-12)19(22)23)17-14-7-3-5-11-4-1-2-6-13(11)14/h1-10,17H. The number of nitrogens with zero attached hydrogens (tertiary/aromatic N) is 2. The summed E-state index contributed by atoms with van der Waals surface area (Å²) in [7, 11) is 0. The first kappa shape index (κ1) is 14.5. The van der Waals surface area contributed by atoms with Crippen molar-refractivity contribution in [2.45, 2.75) is 0 Å². The molecular formula is C16H11N3O4. The minimum Gasteiger partial charge on any atom is -0.349 e. The predicted octanol–water partition coefficient (Wildman–Crippen LogP) is 4.40. The third kappa shape index (κ3) is 2.80. The van der Waals surface area contributed by atoms with E-state index in [0.29, 0.717) is 5.69 Å². The minimum atomic E-state index is -0.658. The molecule has 114 valence electrons. The lowest BCUT2D eigenvalue weighted by Gasteiger charge is -2.10. The van der Waals surface area contributed by atoms with Crippen molar-refractivity contribution >= 4 is 33.5 Å². The fourth-order valence-corrected chi connectivity index (χ4v) is 2.37. The van der Waals surface area contributed by atoms with Crippen LogP contribution in [0.25, 0.3) is 10.8 Å². The molecule has 0 fully saturated rings. The average molecular weight is 309 g/mol. The highest BCUT2D eigenvalue weighted by atomic mass is 16.6. The molecule has 0 aliphatic carbocycles. The molecule has 0 atom stereocenters. The summed E-state index contributed by atoms with van der Waals surface area (Å²) >= 11 is 0. The number of nitrogens with one attached hydrogen (secondary N) is 1. The van der Waals surface area contributed by atoms with Crippen molar-refractivity contribution < 1.29 is 9.85 Å². The zero-order valence-corrected chi connectivity index (χ0v) is 11.8. The second kappa shape index (κ2) is 5.72. The van der Waals surface area contributed by atoms with Crippen molar-refractivity contribution in [2.24, 2.45) is 0 Å². The number of anilines is 2. The van der Waals surface area contributed by atoms with E-state index in [-0.39, 0.29) is 17.1 Å². The summed E-state index contributed by atoms with van der Waals surface area (Å²) in [5.41, 5.74) is 0.240. The molecule has 0 spiro atoms. The highest BCUT2D eigenvalue weighted by Gasteiger charge is 2.19. The van der Waals surface area contributed by atoms with E-state index in [1.807, 2.05) is 36.4 Å². The first-order valence-corrected chi connectivity index (χ1v) is 6.74. The van der Waals surface area contributed by atoms with Crippen LogP contribution >= 0.6 is 0 Å². The van der Waals surface area contributed by atoms with Gasteiger partial charge in [0.2, 0.25) is 0 Å². The number of benzene rings is 3. The zero-order valence-electron chi connectivity index (χ0n) is 11.8. The summed E-state index contributed by atoms with van der Waals surface area (Å²) in [5.74, 6) is 0. The molecule has 0 heterocycles. The SMILES string of the molecule is O=[N+]([O-])c1ccc(Nc2cccc3ccccc23)c([N+](=O)[O-])c1. The van der Waals surface area contributed by atoms with Gasteiger partial charge >= 0.3 is 0 Å². The van der Waals surface area contributed by atoms with E-state index < -0.39 is 9.85 Å². The van der Waals surface area contributed by atoms with Gasteiger partial charge in [0.15, 0.2) is 0 Å². The Labute approximate surface area is 130 Å². The fraction of sp³-hybridized carbons (Fsp3) is 0. The Bertz CT molecular complexity index is 919. The lowest BCUT2D eigenvalue weighted by Crippen LogP contribution is -1.99. The lowest BCUT2D eigenvalue weighted by atomic mass is 10.1. The molecule has 1 N–H and O–H groups in total. The average Bonchev–Trinajstić information content (AvgIpc) is 2.55. The fourth-order valence-electron chi connectivity index (χ4n) is 2.37. The number of hydrogen-bond acceptors (Lipinski definition) is 5. The van der Waals surface area contributed by atoms with Gasteiger partial charge in [-0.25, -0.2) is 0 Å². The number of hydrogen-bond donors (Lipinski definition) is 1. The van der Waals surface area contributed by atoms with Crippen LogP contribution in [-0.2, 0) is 0 Å². The molecule has 3 aromatic rings. The van der Waals surface area contributed by atoms with Crippen molar-refractivity contribution in [3.63, 3.8) is 0 Å². The first-order chi connectivity index (χ1) is 11.1. The van der Waals surface area contributed by atoms with Crippen LogP contribution in [0.5, 0.6) is 0 Å². The largest absolute Gasteiger partial charge is 0.349 e. The molecule has 0 unspecified atom stereocenters. The summed E-state index contributed by atoms with van der Waals surface area (Å²) in [6.45, 7) is 0. The summed E-state index contributed by atoms with van der Waals surface area (Å²) in [4.78, 5) is 20.7. The van der Waals surface area contributed by atoms with Gasteiger partial charge in [-0.05, 0) is 17.5 Å². The molecule has 0 saturated carbocycles. The van der Waals surface area contributed by atoms with E-state index in [0.717, 1.165) is 16.8 Å². The van der Waals surface area contributed by atoms with Gasteiger partial charge in [0, 0.05) is 17.1 Å². The maximum atomic E-state index is 11.2. The predicted molar refractivity (Wildman–Crippen MR) is 87.0 cm³/mol. The summed E-state index contributed by atoms with van der Waals surface area (Å²) in [6.07, 6.45) is 0. The van der Waals surface area contributed by atoms with Crippen LogP contribution in [0.1, 0.15) is 0 Å². The molecule has 0 aliphatic rings. The van der Waals surface area contributed by atoms with Crippen LogP contribution in [0.2, 0.25) is 0 Å². The highest BCUT2D eigenvalue weighted by molar-refractivity contribution is 5.96. The van der Waals surface area contributed by atoms with Crippen LogP contribution in [0.15, 0.2) is 60.7 Å². The second-order valence-electron chi connectivity index (χ2n) is 4.87. The van der Waals surface area contributed by atoms with E-state index in [1.54, 1.807) is 6.07 Å². The van der Waals surface area contributed by atoms with E-state index in [1.165, 1.54) is 12.1 Å². The smallest absolute Gasteiger partial charge is 0.299 e. The van der Waals surface area contributed by atoms with Gasteiger partial charge in [0.25, 0.3) is 11.4 Å². The molecule has 7 heteroatoms. The number of nitro benzene ring substituents is 2. The van der Waals surface area contributed by atoms with Gasteiger partial charge in [0.05, 0.1) is 15.9 Å². The molecule has 0 aliphatic heterocycles. The van der Waals surface area contributed by atoms with E-state index in [9.17, 15) is 20.2 Å². The van der Waals surface area contributed by atoms with Crippen molar-refractivity contribution in [1.82, 2.24) is 0 Å². The van der Waals surface area contributed by atoms with Gasteiger partial charge in [-0.3, -0.25) is 20.2 Å². The Hall–Kier alpha value is -3.48. The Morgan fingerprint density at radius 2 is 1.52 bits per heavy atom. The number of rotatable bonds is 4. The summed E-state index contributed by atoms with van der Waals surface area (Å²) in [5, 5.41) is 26.9. The van der Waals surface area contributed by atoms with E-state index >= 15 is 0 Å². The maximum absolute atomic E-state index is 11.2. The molecule has 7 nitrogen and oxygen atoms in total. The topological polar surface area (TPSA) is 98.3 Å². The zero-order chi connectivity index (χ0) is 16.4. The van der Waals surface area contributed by atoms with Crippen molar-refractivity contribution in [3.8, 4) is 0 Å². The second-order valence-corrected chi connectivity index (χ2v) is 4.87. The number of fused-ring (bicyclic) bond motifs is 1. The van der Waals surface area contributed by atoms with Crippen LogP contribution < -0.4 is 5.32 Å². The molecule has 0 aromatic heterocycles. The minimum absolute atomic E-state index is 0.206. The molecule has 0 bridgehead atoms. The van der Waals surface area contributed by atoms with Crippen LogP contribution in [0, 0.1) is 20.2 Å². The van der Waals surface area contributed by atoms with Gasteiger partial charge in [-0.2, -0.15) is 0 Å². The van der Waals surface area contributed by atoms with Gasteiger partial charge in [0.1, 0.15) is 5.69 Å². The van der Waals surface area contributed by atoms with Crippen LogP contribution in [0.3, 0.4) is 0 Å². The summed E-state index contributed by atoms with van der Waals surface area (Å²) in [6, 6.07) is 16.7. The Morgan fingerprint density at radius 3 is 2.26 bits per heavy atom. The molecule has 0 radical (unpaired) electrons. The molecule has 0 saturated heterocycles. The normalized spacial score (nSPS) is 10.4. The first-order valence-electron chi connectivity index (χ1n) is 6.74. The molecular weight excluding hydrogens is 298 g/mol. The van der Waals surface area contributed by atoms with Gasteiger partial charge in [-0.15, -0.1) is 0 Å². The van der Waals surface area contributed by atoms with Crippen molar-refractivity contribution in [1.29, 1.82) is 0 Å². The van der Waals surface area contributed by atoms with E-state index in [2.05, 4.69) is 5.32 Å². The maximum Gasteiger partial charge on any atom is 0.299 e. The Balaban J connectivity index is 2.08. The lowest BCUT2D eigenvalue weighted by molar-refractivity contribution is -0.393. The van der Waals surface area contributed by atoms with Gasteiger partial charge < -0.3 is 5.32 Å². The molecule has 23 heavy (non-hydrogen) atoms.